The molecule has 3 aromatic carbocycles. The molecule has 0 atom stereocenters. The lowest BCUT2D eigenvalue weighted by atomic mass is 9.79. The fourth-order valence-electron chi connectivity index (χ4n) is 3.47. The fraction of sp³-hybridized carbons (Fsp3) is 0.308. The van der Waals surface area contributed by atoms with Gasteiger partial charge >= 0.3 is 0 Å². The van der Waals surface area contributed by atoms with Crippen molar-refractivity contribution < 1.29 is 9.13 Å². The summed E-state index contributed by atoms with van der Waals surface area (Å²) >= 11 is 0. The first-order valence-electron chi connectivity index (χ1n) is 10.1. The third-order valence-corrected chi connectivity index (χ3v) is 5.38. The van der Waals surface area contributed by atoms with E-state index in [-0.39, 0.29) is 17.0 Å². The minimum Gasteiger partial charge on any atom is -0.454 e. The Morgan fingerprint density at radius 3 is 2.21 bits per heavy atom. The Bertz CT molecular complexity index is 882. The number of para-hydroxylation sites is 1. The van der Waals surface area contributed by atoms with Crippen LogP contribution in [0.25, 0.3) is 0 Å². The van der Waals surface area contributed by atoms with Gasteiger partial charge in [-0.3, -0.25) is 0 Å². The number of hydrogen-bond donors (Lipinski definition) is 0. The molecule has 0 aliphatic rings. The Balaban J connectivity index is 1.61. The Labute approximate surface area is 168 Å². The van der Waals surface area contributed by atoms with Crippen LogP contribution in [0.15, 0.2) is 72.8 Å². The van der Waals surface area contributed by atoms with Gasteiger partial charge in [-0.25, -0.2) is 4.39 Å². The van der Waals surface area contributed by atoms with Crippen LogP contribution < -0.4 is 4.74 Å². The van der Waals surface area contributed by atoms with Gasteiger partial charge in [-0.05, 0) is 72.1 Å². The van der Waals surface area contributed by atoms with Crippen LogP contribution >= 0.6 is 0 Å². The largest absolute Gasteiger partial charge is 0.454 e. The van der Waals surface area contributed by atoms with E-state index in [9.17, 15) is 4.39 Å². The molecular formula is C26H29FO. The third kappa shape index (κ3) is 5.22. The van der Waals surface area contributed by atoms with Crippen molar-refractivity contribution in [2.75, 3.05) is 0 Å². The first-order chi connectivity index (χ1) is 13.5. The van der Waals surface area contributed by atoms with Crippen LogP contribution in [0.5, 0.6) is 11.5 Å². The number of halogens is 1. The maximum atomic E-state index is 14.1. The smallest absolute Gasteiger partial charge is 0.165 e. The summed E-state index contributed by atoms with van der Waals surface area (Å²) in [6.45, 7) is 6.77. The summed E-state index contributed by atoms with van der Waals surface area (Å²) in [5.74, 6) is 0.609. The van der Waals surface area contributed by atoms with Gasteiger partial charge in [0.25, 0.3) is 0 Å². The van der Waals surface area contributed by atoms with Gasteiger partial charge in [0, 0.05) is 0 Å². The molecule has 3 rings (SSSR count). The summed E-state index contributed by atoms with van der Waals surface area (Å²) in [4.78, 5) is 0. The molecule has 0 fully saturated rings. The van der Waals surface area contributed by atoms with E-state index < -0.39 is 0 Å². The van der Waals surface area contributed by atoms with Crippen LogP contribution in [0, 0.1) is 5.82 Å². The summed E-state index contributed by atoms with van der Waals surface area (Å²) < 4.78 is 19.8. The molecule has 0 aliphatic carbocycles. The lowest BCUT2D eigenvalue weighted by Crippen LogP contribution is -2.17. The van der Waals surface area contributed by atoms with Gasteiger partial charge in [0.15, 0.2) is 11.6 Å². The third-order valence-electron chi connectivity index (χ3n) is 5.38. The van der Waals surface area contributed by atoms with Gasteiger partial charge in [0.2, 0.25) is 0 Å². The van der Waals surface area contributed by atoms with Crippen molar-refractivity contribution in [3.8, 4) is 11.5 Å². The SMILES string of the molecule is CCc1ccc(C(C)(C)CCCc2ccc(F)c(Oc3ccccc3)c2)cc1. The Morgan fingerprint density at radius 1 is 0.857 bits per heavy atom. The van der Waals surface area contributed by atoms with E-state index in [0.29, 0.717) is 5.75 Å². The molecular weight excluding hydrogens is 347 g/mol. The molecule has 3 aromatic rings. The Hall–Kier alpha value is -2.61. The van der Waals surface area contributed by atoms with Crippen molar-refractivity contribution in [1.82, 2.24) is 0 Å². The predicted molar refractivity (Wildman–Crippen MR) is 115 cm³/mol. The van der Waals surface area contributed by atoms with E-state index in [1.54, 1.807) is 0 Å². The van der Waals surface area contributed by atoms with Crippen molar-refractivity contribution in [3.05, 3.63) is 95.3 Å². The molecule has 0 heterocycles. The first kappa shape index (κ1) is 20.1. The fourth-order valence-corrected chi connectivity index (χ4v) is 3.47. The monoisotopic (exact) mass is 376 g/mol. The van der Waals surface area contributed by atoms with Gasteiger partial charge in [-0.1, -0.05) is 69.3 Å². The highest BCUT2D eigenvalue weighted by atomic mass is 19.1. The first-order valence-corrected chi connectivity index (χ1v) is 10.1. The zero-order chi connectivity index (χ0) is 20.0. The van der Waals surface area contributed by atoms with Gasteiger partial charge in [0.1, 0.15) is 5.75 Å². The number of rotatable bonds is 8. The Kier molecular flexibility index (Phi) is 6.51. The average Bonchev–Trinajstić information content (AvgIpc) is 2.71. The molecule has 1 nitrogen and oxygen atoms in total. The molecule has 28 heavy (non-hydrogen) atoms. The van der Waals surface area contributed by atoms with E-state index in [0.717, 1.165) is 31.2 Å². The second kappa shape index (κ2) is 9.05. The minimum atomic E-state index is -0.330. The summed E-state index contributed by atoms with van der Waals surface area (Å²) in [6, 6.07) is 23.5. The average molecular weight is 377 g/mol. The summed E-state index contributed by atoms with van der Waals surface area (Å²) in [7, 11) is 0. The molecule has 0 saturated heterocycles. The van der Waals surface area contributed by atoms with E-state index in [1.165, 1.54) is 17.2 Å². The molecule has 0 N–H and O–H groups in total. The molecule has 0 saturated carbocycles. The number of ether oxygens (including phenoxy) is 1. The minimum absolute atomic E-state index is 0.121. The molecule has 0 radical (unpaired) electrons. The van der Waals surface area contributed by atoms with E-state index in [2.05, 4.69) is 45.0 Å². The zero-order valence-corrected chi connectivity index (χ0v) is 17.0. The normalized spacial score (nSPS) is 11.4. The van der Waals surface area contributed by atoms with Crippen molar-refractivity contribution in [1.29, 1.82) is 0 Å². The van der Waals surface area contributed by atoms with Gasteiger partial charge in [-0.2, -0.15) is 0 Å². The highest BCUT2D eigenvalue weighted by Crippen LogP contribution is 2.30. The quantitative estimate of drug-likeness (QED) is 0.396. The maximum absolute atomic E-state index is 14.1. The molecule has 146 valence electrons. The van der Waals surface area contributed by atoms with Gasteiger partial charge in [-0.15, -0.1) is 0 Å². The molecule has 0 amide bonds. The van der Waals surface area contributed by atoms with Crippen molar-refractivity contribution in [2.45, 2.75) is 51.9 Å². The molecule has 0 unspecified atom stereocenters. The van der Waals surface area contributed by atoms with E-state index in [1.807, 2.05) is 42.5 Å². The highest BCUT2D eigenvalue weighted by Gasteiger charge is 2.20. The number of aryl methyl sites for hydroxylation is 2. The second-order valence-corrected chi connectivity index (χ2v) is 7.97. The summed E-state index contributed by atoms with van der Waals surface area (Å²) in [5.41, 5.74) is 3.97. The van der Waals surface area contributed by atoms with Crippen LogP contribution in [-0.4, -0.2) is 0 Å². The van der Waals surface area contributed by atoms with Crippen LogP contribution in [-0.2, 0) is 18.3 Å². The standard InChI is InChI=1S/C26H29FO/c1-4-20-12-15-22(16-13-20)26(2,3)18-8-9-21-14-17-24(27)25(19-21)28-23-10-6-5-7-11-23/h5-7,10-17,19H,4,8-9,18H2,1-3H3. The summed E-state index contributed by atoms with van der Waals surface area (Å²) in [5, 5.41) is 0. The van der Waals surface area contributed by atoms with Crippen molar-refractivity contribution >= 4 is 0 Å². The van der Waals surface area contributed by atoms with Crippen LogP contribution in [0.3, 0.4) is 0 Å². The molecule has 0 aromatic heterocycles. The van der Waals surface area contributed by atoms with Crippen LogP contribution in [0.1, 0.15) is 50.3 Å². The number of hydrogen-bond acceptors (Lipinski definition) is 1. The predicted octanol–water partition coefficient (Wildman–Crippen LogP) is 7.48. The van der Waals surface area contributed by atoms with Gasteiger partial charge < -0.3 is 4.74 Å². The lowest BCUT2D eigenvalue weighted by molar-refractivity contribution is 0.439. The molecule has 0 spiro atoms. The van der Waals surface area contributed by atoms with Crippen LogP contribution in [0.2, 0.25) is 0 Å². The van der Waals surface area contributed by atoms with E-state index in [4.69, 9.17) is 4.74 Å². The van der Waals surface area contributed by atoms with Crippen molar-refractivity contribution in [3.63, 3.8) is 0 Å². The van der Waals surface area contributed by atoms with Crippen molar-refractivity contribution in [2.24, 2.45) is 0 Å². The van der Waals surface area contributed by atoms with Crippen LogP contribution in [0.4, 0.5) is 4.39 Å². The Morgan fingerprint density at radius 2 is 1.54 bits per heavy atom. The molecule has 0 aliphatic heterocycles. The second-order valence-electron chi connectivity index (χ2n) is 7.97. The zero-order valence-electron chi connectivity index (χ0n) is 17.0. The maximum Gasteiger partial charge on any atom is 0.165 e. The highest BCUT2D eigenvalue weighted by molar-refractivity contribution is 5.35. The lowest BCUT2D eigenvalue weighted by Gasteiger charge is -2.25. The molecule has 2 heteroatoms. The molecule has 0 bridgehead atoms. The number of benzene rings is 3. The summed E-state index contributed by atoms with van der Waals surface area (Å²) in [6.07, 6.45) is 4.09. The van der Waals surface area contributed by atoms with E-state index >= 15 is 0 Å². The topological polar surface area (TPSA) is 9.23 Å². The van der Waals surface area contributed by atoms with Gasteiger partial charge in [0.05, 0.1) is 0 Å².